The molecule has 2 unspecified atom stereocenters. The summed E-state index contributed by atoms with van der Waals surface area (Å²) in [6.45, 7) is 7.82. The average Bonchev–Trinajstić information content (AvgIpc) is 2.71. The first-order chi connectivity index (χ1) is 8.04. The summed E-state index contributed by atoms with van der Waals surface area (Å²) in [5.41, 5.74) is 0. The van der Waals surface area contributed by atoms with Gasteiger partial charge in [-0.05, 0) is 32.9 Å². The van der Waals surface area contributed by atoms with Crippen LogP contribution in [0.1, 0.15) is 33.1 Å². The van der Waals surface area contributed by atoms with E-state index in [1.165, 1.54) is 12.8 Å². The Morgan fingerprint density at radius 1 is 1.24 bits per heavy atom. The molecule has 3 heteroatoms. The predicted molar refractivity (Wildman–Crippen MR) is 71.7 cm³/mol. The fraction of sp³-hybridized carbons (Fsp3) is 0.929. The molecule has 0 aromatic rings. The van der Waals surface area contributed by atoms with Gasteiger partial charge in [-0.2, -0.15) is 5.26 Å². The summed E-state index contributed by atoms with van der Waals surface area (Å²) in [7, 11) is 4.23. The van der Waals surface area contributed by atoms with E-state index in [4.69, 9.17) is 0 Å². The molecule has 0 saturated heterocycles. The number of nitrogens with zero attached hydrogens (tertiary/aromatic N) is 3. The van der Waals surface area contributed by atoms with E-state index >= 15 is 0 Å². The van der Waals surface area contributed by atoms with Crippen molar-refractivity contribution < 1.29 is 0 Å². The van der Waals surface area contributed by atoms with Gasteiger partial charge in [-0.3, -0.25) is 4.90 Å². The zero-order valence-corrected chi connectivity index (χ0v) is 11.8. The van der Waals surface area contributed by atoms with E-state index in [9.17, 15) is 5.26 Å². The van der Waals surface area contributed by atoms with E-state index in [0.717, 1.165) is 26.1 Å². The number of likely N-dealkylation sites (N-methyl/N-ethyl adjacent to an activating group) is 1. The SMILES string of the molecule is CC(C)CN(CCN(C)C)C1CCCC1C#N. The molecule has 0 N–H and O–H groups in total. The molecule has 0 aliphatic heterocycles. The monoisotopic (exact) mass is 237 g/mol. The van der Waals surface area contributed by atoms with Crippen molar-refractivity contribution in [2.24, 2.45) is 11.8 Å². The lowest BCUT2D eigenvalue weighted by Crippen LogP contribution is -2.43. The fourth-order valence-electron chi connectivity index (χ4n) is 2.72. The molecule has 0 aromatic carbocycles. The molecule has 2 atom stereocenters. The highest BCUT2D eigenvalue weighted by Crippen LogP contribution is 2.29. The highest BCUT2D eigenvalue weighted by atomic mass is 15.2. The maximum atomic E-state index is 9.21. The summed E-state index contributed by atoms with van der Waals surface area (Å²) in [5.74, 6) is 0.938. The Labute approximate surface area is 106 Å². The molecule has 98 valence electrons. The third-order valence-electron chi connectivity index (χ3n) is 3.55. The Hall–Kier alpha value is -0.590. The van der Waals surface area contributed by atoms with Crippen molar-refractivity contribution in [3.8, 4) is 6.07 Å². The molecule has 0 aromatic heterocycles. The maximum absolute atomic E-state index is 9.21. The highest BCUT2D eigenvalue weighted by molar-refractivity contribution is 4.97. The molecular weight excluding hydrogens is 210 g/mol. The lowest BCUT2D eigenvalue weighted by Gasteiger charge is -2.33. The molecule has 17 heavy (non-hydrogen) atoms. The van der Waals surface area contributed by atoms with E-state index in [1.54, 1.807) is 0 Å². The van der Waals surface area contributed by atoms with Crippen LogP contribution in [-0.2, 0) is 0 Å². The first-order valence-corrected chi connectivity index (χ1v) is 6.83. The van der Waals surface area contributed by atoms with E-state index in [2.05, 4.69) is 43.8 Å². The van der Waals surface area contributed by atoms with Crippen molar-refractivity contribution in [1.82, 2.24) is 9.80 Å². The summed E-state index contributed by atoms with van der Waals surface area (Å²) in [4.78, 5) is 4.77. The summed E-state index contributed by atoms with van der Waals surface area (Å²) >= 11 is 0. The predicted octanol–water partition coefficient (Wildman–Crippen LogP) is 2.20. The van der Waals surface area contributed by atoms with Crippen LogP contribution >= 0.6 is 0 Å². The summed E-state index contributed by atoms with van der Waals surface area (Å²) in [6, 6.07) is 3.00. The number of nitriles is 1. The van der Waals surface area contributed by atoms with Gasteiger partial charge in [-0.1, -0.05) is 20.3 Å². The second-order valence-corrected chi connectivity index (χ2v) is 5.93. The summed E-state index contributed by atoms with van der Waals surface area (Å²) in [6.07, 6.45) is 3.52. The number of hydrogen-bond donors (Lipinski definition) is 0. The summed E-state index contributed by atoms with van der Waals surface area (Å²) in [5, 5.41) is 9.21. The average molecular weight is 237 g/mol. The van der Waals surface area contributed by atoms with Crippen LogP contribution in [0.25, 0.3) is 0 Å². The fourth-order valence-corrected chi connectivity index (χ4v) is 2.72. The molecule has 0 bridgehead atoms. The van der Waals surface area contributed by atoms with Gasteiger partial charge in [-0.25, -0.2) is 0 Å². The third kappa shape index (κ3) is 4.65. The molecule has 1 rings (SSSR count). The van der Waals surface area contributed by atoms with Gasteiger partial charge < -0.3 is 4.90 Å². The van der Waals surface area contributed by atoms with Gasteiger partial charge in [0.2, 0.25) is 0 Å². The highest BCUT2D eigenvalue weighted by Gasteiger charge is 2.32. The quantitative estimate of drug-likeness (QED) is 0.709. The van der Waals surface area contributed by atoms with Gasteiger partial charge in [0.05, 0.1) is 12.0 Å². The minimum Gasteiger partial charge on any atom is -0.308 e. The van der Waals surface area contributed by atoms with Crippen molar-refractivity contribution >= 4 is 0 Å². The molecule has 0 amide bonds. The zero-order chi connectivity index (χ0) is 12.8. The van der Waals surface area contributed by atoms with Crippen molar-refractivity contribution in [3.05, 3.63) is 0 Å². The largest absolute Gasteiger partial charge is 0.308 e. The van der Waals surface area contributed by atoms with Gasteiger partial charge in [0.15, 0.2) is 0 Å². The van der Waals surface area contributed by atoms with Crippen LogP contribution < -0.4 is 0 Å². The van der Waals surface area contributed by atoms with Gasteiger partial charge >= 0.3 is 0 Å². The first-order valence-electron chi connectivity index (χ1n) is 6.83. The minimum absolute atomic E-state index is 0.260. The van der Waals surface area contributed by atoms with E-state index in [1.807, 2.05) is 0 Å². The molecule has 1 aliphatic carbocycles. The first kappa shape index (κ1) is 14.5. The molecular formula is C14H27N3. The van der Waals surface area contributed by atoms with Crippen LogP contribution in [0.3, 0.4) is 0 Å². The Morgan fingerprint density at radius 3 is 2.47 bits per heavy atom. The molecule has 0 radical (unpaired) electrons. The lowest BCUT2D eigenvalue weighted by molar-refractivity contribution is 0.146. The number of hydrogen-bond acceptors (Lipinski definition) is 3. The standard InChI is InChI=1S/C14H27N3/c1-12(2)11-17(9-8-16(3)4)14-7-5-6-13(14)10-15/h12-14H,5-9,11H2,1-4H3. The Morgan fingerprint density at radius 2 is 1.94 bits per heavy atom. The molecule has 0 spiro atoms. The van der Waals surface area contributed by atoms with Crippen LogP contribution in [-0.4, -0.2) is 49.6 Å². The Kier molecular flexibility index (Phi) is 5.94. The normalized spacial score (nSPS) is 24.8. The Balaban J connectivity index is 2.58. The van der Waals surface area contributed by atoms with Gasteiger partial charge in [-0.15, -0.1) is 0 Å². The molecule has 0 heterocycles. The van der Waals surface area contributed by atoms with Crippen molar-refractivity contribution in [3.63, 3.8) is 0 Å². The van der Waals surface area contributed by atoms with Crippen molar-refractivity contribution in [2.45, 2.75) is 39.2 Å². The second kappa shape index (κ2) is 6.98. The van der Waals surface area contributed by atoms with Crippen molar-refractivity contribution in [1.29, 1.82) is 5.26 Å². The van der Waals surface area contributed by atoms with Crippen LogP contribution in [0.15, 0.2) is 0 Å². The van der Waals surface area contributed by atoms with Crippen LogP contribution in [0.5, 0.6) is 0 Å². The smallest absolute Gasteiger partial charge is 0.0672 e. The topological polar surface area (TPSA) is 30.3 Å². The van der Waals surface area contributed by atoms with Gasteiger partial charge in [0.25, 0.3) is 0 Å². The molecule has 1 saturated carbocycles. The zero-order valence-electron chi connectivity index (χ0n) is 11.8. The minimum atomic E-state index is 0.260. The van der Waals surface area contributed by atoms with E-state index < -0.39 is 0 Å². The summed E-state index contributed by atoms with van der Waals surface area (Å²) < 4.78 is 0. The Bertz CT molecular complexity index is 255. The van der Waals surface area contributed by atoms with Crippen LogP contribution in [0, 0.1) is 23.2 Å². The van der Waals surface area contributed by atoms with Gasteiger partial charge in [0, 0.05) is 25.7 Å². The molecule has 1 fully saturated rings. The molecule has 3 nitrogen and oxygen atoms in total. The van der Waals surface area contributed by atoms with Crippen molar-refractivity contribution in [2.75, 3.05) is 33.7 Å². The second-order valence-electron chi connectivity index (χ2n) is 5.93. The molecule has 1 aliphatic rings. The van der Waals surface area contributed by atoms with Crippen LogP contribution in [0.2, 0.25) is 0 Å². The lowest BCUT2D eigenvalue weighted by atomic mass is 10.0. The van der Waals surface area contributed by atoms with E-state index in [0.29, 0.717) is 12.0 Å². The van der Waals surface area contributed by atoms with Gasteiger partial charge in [0.1, 0.15) is 0 Å². The number of rotatable bonds is 6. The van der Waals surface area contributed by atoms with E-state index in [-0.39, 0.29) is 5.92 Å². The third-order valence-corrected chi connectivity index (χ3v) is 3.55. The maximum Gasteiger partial charge on any atom is 0.0672 e. The van der Waals surface area contributed by atoms with Crippen LogP contribution in [0.4, 0.5) is 0 Å².